The van der Waals surface area contributed by atoms with E-state index >= 15 is 0 Å². The van der Waals surface area contributed by atoms with E-state index in [-0.39, 0.29) is 23.9 Å². The molecule has 0 aromatic heterocycles. The molecular weight excluding hydrogens is 168 g/mol. The zero-order valence-electron chi connectivity index (χ0n) is 7.90. The van der Waals surface area contributed by atoms with Crippen molar-refractivity contribution in [2.45, 2.75) is 31.8 Å². The van der Waals surface area contributed by atoms with Gasteiger partial charge in [-0.1, -0.05) is 0 Å². The summed E-state index contributed by atoms with van der Waals surface area (Å²) in [5, 5.41) is 9.71. The van der Waals surface area contributed by atoms with Crippen molar-refractivity contribution in [2.75, 3.05) is 7.11 Å². The van der Waals surface area contributed by atoms with E-state index < -0.39 is 0 Å². The minimum absolute atomic E-state index is 0.0347. The fourth-order valence-corrected chi connectivity index (χ4v) is 2.89. The molecule has 2 bridgehead atoms. The molecule has 0 aromatic carbocycles. The first-order chi connectivity index (χ1) is 6.22. The lowest BCUT2D eigenvalue weighted by Crippen LogP contribution is -2.44. The molecule has 0 amide bonds. The molecular formula is C10H16O3. The molecule has 0 aromatic rings. The first-order valence-corrected chi connectivity index (χ1v) is 4.98. The Bertz CT molecular complexity index is 214. The number of ether oxygens (including phenoxy) is 1. The van der Waals surface area contributed by atoms with Crippen LogP contribution < -0.4 is 0 Å². The molecule has 3 nitrogen and oxygen atoms in total. The maximum absolute atomic E-state index is 11.4. The summed E-state index contributed by atoms with van der Waals surface area (Å²) in [6.07, 6.45) is 3.71. The number of fused-ring (bicyclic) bond motifs is 3. The monoisotopic (exact) mass is 184 g/mol. The van der Waals surface area contributed by atoms with E-state index in [1.807, 2.05) is 0 Å². The number of methoxy groups -OCH3 is 1. The maximum atomic E-state index is 11.4. The average molecular weight is 184 g/mol. The van der Waals surface area contributed by atoms with Crippen molar-refractivity contribution in [2.24, 2.45) is 17.8 Å². The Balaban J connectivity index is 2.10. The lowest BCUT2D eigenvalue weighted by atomic mass is 9.63. The van der Waals surface area contributed by atoms with Crippen molar-refractivity contribution in [3.8, 4) is 0 Å². The smallest absolute Gasteiger partial charge is 0.309 e. The molecule has 3 fully saturated rings. The molecule has 1 N–H and O–H groups in total. The van der Waals surface area contributed by atoms with Gasteiger partial charge in [-0.2, -0.15) is 0 Å². The highest BCUT2D eigenvalue weighted by Gasteiger charge is 2.44. The van der Waals surface area contributed by atoms with Crippen molar-refractivity contribution in [3.05, 3.63) is 0 Å². The molecule has 3 aliphatic carbocycles. The van der Waals surface area contributed by atoms with Gasteiger partial charge in [0.05, 0.1) is 19.1 Å². The van der Waals surface area contributed by atoms with Gasteiger partial charge < -0.3 is 9.84 Å². The molecule has 3 rings (SSSR count). The molecule has 4 atom stereocenters. The minimum atomic E-state index is -0.267. The standard InChI is InChI=1S/C10H16O3/c1-13-10(12)8-4-6-2-3-7(8)9(11)5-6/h6-9,11H,2-5H2,1H3/t6-,7-,8+,9+/m1/s1. The van der Waals surface area contributed by atoms with Crippen molar-refractivity contribution >= 4 is 5.97 Å². The van der Waals surface area contributed by atoms with Crippen molar-refractivity contribution < 1.29 is 14.6 Å². The van der Waals surface area contributed by atoms with Crippen LogP contribution in [0, 0.1) is 17.8 Å². The molecule has 3 saturated carbocycles. The van der Waals surface area contributed by atoms with E-state index in [2.05, 4.69) is 0 Å². The van der Waals surface area contributed by atoms with Gasteiger partial charge in [-0.25, -0.2) is 0 Å². The Morgan fingerprint density at radius 2 is 2.15 bits per heavy atom. The lowest BCUT2D eigenvalue weighted by molar-refractivity contribution is -0.156. The van der Waals surface area contributed by atoms with Gasteiger partial charge in [-0.05, 0) is 37.5 Å². The highest BCUT2D eigenvalue weighted by Crippen LogP contribution is 2.45. The summed E-state index contributed by atoms with van der Waals surface area (Å²) in [4.78, 5) is 11.4. The first kappa shape index (κ1) is 9.00. The van der Waals surface area contributed by atoms with E-state index in [0.29, 0.717) is 5.92 Å². The number of aliphatic hydroxyl groups excluding tert-OH is 1. The summed E-state index contributed by atoms with van der Waals surface area (Å²) in [6, 6.07) is 0. The van der Waals surface area contributed by atoms with E-state index in [0.717, 1.165) is 19.3 Å². The third-order valence-electron chi connectivity index (χ3n) is 3.59. The Kier molecular flexibility index (Phi) is 2.28. The maximum Gasteiger partial charge on any atom is 0.309 e. The van der Waals surface area contributed by atoms with Crippen LogP contribution in [0.1, 0.15) is 25.7 Å². The van der Waals surface area contributed by atoms with E-state index in [4.69, 9.17) is 4.74 Å². The topological polar surface area (TPSA) is 46.5 Å². The predicted octanol–water partition coefficient (Wildman–Crippen LogP) is 0.956. The Labute approximate surface area is 78.1 Å². The van der Waals surface area contributed by atoms with Crippen LogP contribution in [0.25, 0.3) is 0 Å². The van der Waals surface area contributed by atoms with Crippen molar-refractivity contribution in [1.82, 2.24) is 0 Å². The zero-order chi connectivity index (χ0) is 9.42. The Hall–Kier alpha value is -0.570. The van der Waals surface area contributed by atoms with Crippen LogP contribution >= 0.6 is 0 Å². The summed E-state index contributed by atoms with van der Waals surface area (Å²) >= 11 is 0. The molecule has 74 valence electrons. The van der Waals surface area contributed by atoms with Crippen LogP contribution in [-0.4, -0.2) is 24.3 Å². The van der Waals surface area contributed by atoms with Crippen LogP contribution in [0.5, 0.6) is 0 Å². The Morgan fingerprint density at radius 1 is 1.38 bits per heavy atom. The molecule has 3 heteroatoms. The number of hydrogen-bond donors (Lipinski definition) is 1. The van der Waals surface area contributed by atoms with Gasteiger partial charge in [0.25, 0.3) is 0 Å². The zero-order valence-corrected chi connectivity index (χ0v) is 7.90. The second kappa shape index (κ2) is 3.29. The number of carbonyl (C=O) groups is 1. The molecule has 0 unspecified atom stereocenters. The summed E-state index contributed by atoms with van der Waals surface area (Å²) in [5.74, 6) is 0.544. The summed E-state index contributed by atoms with van der Waals surface area (Å²) in [5.41, 5.74) is 0. The summed E-state index contributed by atoms with van der Waals surface area (Å²) < 4.78 is 4.74. The first-order valence-electron chi connectivity index (χ1n) is 4.98. The van der Waals surface area contributed by atoms with Gasteiger partial charge in [-0.3, -0.25) is 4.79 Å². The normalized spacial score (nSPS) is 43.2. The van der Waals surface area contributed by atoms with E-state index in [1.54, 1.807) is 0 Å². The quantitative estimate of drug-likeness (QED) is 0.617. The van der Waals surface area contributed by atoms with Crippen LogP contribution in [0.2, 0.25) is 0 Å². The molecule has 0 heterocycles. The van der Waals surface area contributed by atoms with Crippen LogP contribution in [0.3, 0.4) is 0 Å². The SMILES string of the molecule is COC(=O)[C@H]1C[C@H]2CC[C@H]1[C@@H](O)C2. The van der Waals surface area contributed by atoms with Crippen LogP contribution in [0.15, 0.2) is 0 Å². The third kappa shape index (κ3) is 1.46. The van der Waals surface area contributed by atoms with Crippen LogP contribution in [0.4, 0.5) is 0 Å². The molecule has 0 radical (unpaired) electrons. The molecule has 0 saturated heterocycles. The second-order valence-corrected chi connectivity index (χ2v) is 4.28. The summed E-state index contributed by atoms with van der Waals surface area (Å²) in [6.45, 7) is 0. The number of esters is 1. The largest absolute Gasteiger partial charge is 0.469 e. The lowest BCUT2D eigenvalue weighted by Gasteiger charge is -2.44. The molecule has 0 aliphatic heterocycles. The number of aliphatic hydroxyl groups is 1. The van der Waals surface area contributed by atoms with Gasteiger partial charge in [0.1, 0.15) is 0 Å². The highest BCUT2D eigenvalue weighted by atomic mass is 16.5. The average Bonchev–Trinajstić information content (AvgIpc) is 2.17. The van der Waals surface area contributed by atoms with Gasteiger partial charge in [-0.15, -0.1) is 0 Å². The van der Waals surface area contributed by atoms with Gasteiger partial charge in [0.2, 0.25) is 0 Å². The highest BCUT2D eigenvalue weighted by molar-refractivity contribution is 5.73. The third-order valence-corrected chi connectivity index (χ3v) is 3.59. The molecule has 0 spiro atoms. The van der Waals surface area contributed by atoms with Gasteiger partial charge in [0, 0.05) is 0 Å². The fourth-order valence-electron chi connectivity index (χ4n) is 2.89. The summed E-state index contributed by atoms with van der Waals surface area (Å²) in [7, 11) is 1.43. The van der Waals surface area contributed by atoms with Crippen LogP contribution in [-0.2, 0) is 9.53 Å². The van der Waals surface area contributed by atoms with Gasteiger partial charge >= 0.3 is 5.97 Å². The molecule has 3 aliphatic rings. The Morgan fingerprint density at radius 3 is 2.69 bits per heavy atom. The predicted molar refractivity (Wildman–Crippen MR) is 47.0 cm³/mol. The van der Waals surface area contributed by atoms with Crippen molar-refractivity contribution in [1.29, 1.82) is 0 Å². The van der Waals surface area contributed by atoms with Gasteiger partial charge in [0.15, 0.2) is 0 Å². The molecule has 13 heavy (non-hydrogen) atoms. The number of carbonyl (C=O) groups excluding carboxylic acids is 1. The number of rotatable bonds is 1. The minimum Gasteiger partial charge on any atom is -0.469 e. The van der Waals surface area contributed by atoms with E-state index in [9.17, 15) is 9.90 Å². The van der Waals surface area contributed by atoms with E-state index in [1.165, 1.54) is 13.5 Å². The second-order valence-electron chi connectivity index (χ2n) is 4.28. The number of hydrogen-bond acceptors (Lipinski definition) is 3. The van der Waals surface area contributed by atoms with Crippen molar-refractivity contribution in [3.63, 3.8) is 0 Å². The fraction of sp³-hybridized carbons (Fsp3) is 0.900.